The van der Waals surface area contributed by atoms with E-state index in [9.17, 15) is 5.26 Å². The molecule has 0 spiro atoms. The third-order valence-electron chi connectivity index (χ3n) is 3.88. The maximum absolute atomic E-state index is 9.82. The first-order valence-electron chi connectivity index (χ1n) is 7.52. The molecule has 3 rings (SSSR count). The lowest BCUT2D eigenvalue weighted by Gasteiger charge is -2.37. The smallest absolute Gasteiger partial charge is 0.390 e. The highest BCUT2D eigenvalue weighted by atomic mass is 16.9. The van der Waals surface area contributed by atoms with Gasteiger partial charge in [-0.2, -0.15) is 5.26 Å². The van der Waals surface area contributed by atoms with Crippen LogP contribution in [0.3, 0.4) is 0 Å². The normalized spacial score (nSPS) is 16.4. The van der Waals surface area contributed by atoms with Crippen molar-refractivity contribution in [1.29, 1.82) is 5.26 Å². The van der Waals surface area contributed by atoms with Gasteiger partial charge in [0, 0.05) is 19.8 Å². The van der Waals surface area contributed by atoms with Crippen molar-refractivity contribution in [1.82, 2.24) is 0 Å². The Morgan fingerprint density at radius 1 is 1.00 bits per heavy atom. The van der Waals surface area contributed by atoms with Gasteiger partial charge in [0.15, 0.2) is 5.76 Å². The second kappa shape index (κ2) is 6.85. The minimum atomic E-state index is -1.64. The van der Waals surface area contributed by atoms with E-state index in [1.165, 1.54) is 27.6 Å². The Morgan fingerprint density at radius 3 is 2.24 bits per heavy atom. The molecular formula is C19H17NO5. The van der Waals surface area contributed by atoms with Gasteiger partial charge in [-0.05, 0) is 12.1 Å². The summed E-state index contributed by atoms with van der Waals surface area (Å²) in [6, 6.07) is 14.9. The molecule has 0 aliphatic carbocycles. The maximum Gasteiger partial charge on any atom is 0.390 e. The van der Waals surface area contributed by atoms with E-state index in [4.69, 9.17) is 23.4 Å². The van der Waals surface area contributed by atoms with Gasteiger partial charge in [-0.15, -0.1) is 0 Å². The molecule has 0 unspecified atom stereocenters. The molecule has 2 aromatic rings. The summed E-state index contributed by atoms with van der Waals surface area (Å²) in [5.74, 6) is -0.672. The first-order chi connectivity index (χ1) is 12.2. The fraction of sp³-hybridized carbons (Fsp3) is 0.211. The van der Waals surface area contributed by atoms with Crippen LogP contribution in [0.25, 0.3) is 11.3 Å². The highest BCUT2D eigenvalue weighted by Gasteiger charge is 2.48. The molecule has 0 fully saturated rings. The molecule has 6 heteroatoms. The number of methoxy groups -OCH3 is 3. The van der Waals surface area contributed by atoms with Crippen LogP contribution in [0.4, 0.5) is 0 Å². The van der Waals surface area contributed by atoms with Crippen molar-refractivity contribution in [2.45, 2.75) is 5.97 Å². The van der Waals surface area contributed by atoms with E-state index in [2.05, 4.69) is 6.07 Å². The average Bonchev–Trinajstić information content (AvgIpc) is 3.21. The van der Waals surface area contributed by atoms with Crippen molar-refractivity contribution in [2.24, 2.45) is 0 Å². The van der Waals surface area contributed by atoms with Crippen LogP contribution in [-0.4, -0.2) is 27.3 Å². The van der Waals surface area contributed by atoms with E-state index in [-0.39, 0.29) is 11.3 Å². The first-order valence-corrected chi connectivity index (χ1v) is 7.52. The van der Waals surface area contributed by atoms with Crippen LogP contribution in [0.1, 0.15) is 11.3 Å². The zero-order chi connectivity index (χ0) is 17.9. The number of benzene rings is 1. The molecular weight excluding hydrogens is 322 g/mol. The third kappa shape index (κ3) is 2.70. The third-order valence-corrected chi connectivity index (χ3v) is 3.88. The molecule has 1 aliphatic heterocycles. The maximum atomic E-state index is 9.82. The highest BCUT2D eigenvalue weighted by Crippen LogP contribution is 2.45. The van der Waals surface area contributed by atoms with Gasteiger partial charge in [0.05, 0.1) is 18.9 Å². The summed E-state index contributed by atoms with van der Waals surface area (Å²) in [5, 5.41) is 9.82. The number of hydrogen-bond donors (Lipinski definition) is 0. The van der Waals surface area contributed by atoms with Gasteiger partial charge in [-0.25, -0.2) is 0 Å². The van der Waals surface area contributed by atoms with Crippen LogP contribution >= 0.6 is 0 Å². The Hall–Kier alpha value is -3.01. The molecule has 6 nitrogen and oxygen atoms in total. The van der Waals surface area contributed by atoms with Crippen LogP contribution in [-0.2, 0) is 18.9 Å². The molecule has 0 bridgehead atoms. The summed E-state index contributed by atoms with van der Waals surface area (Å²) in [4.78, 5) is 0. The van der Waals surface area contributed by atoms with Gasteiger partial charge < -0.3 is 23.4 Å². The number of nitriles is 1. The van der Waals surface area contributed by atoms with Gasteiger partial charge in [-0.3, -0.25) is 0 Å². The monoisotopic (exact) mass is 339 g/mol. The van der Waals surface area contributed by atoms with E-state index in [1.54, 1.807) is 12.1 Å². The van der Waals surface area contributed by atoms with Crippen LogP contribution in [0.5, 0.6) is 0 Å². The number of furan rings is 1. The molecule has 0 atom stereocenters. The van der Waals surface area contributed by atoms with Crippen molar-refractivity contribution in [3.05, 3.63) is 71.4 Å². The number of nitrogens with zero attached hydrogens (tertiary/aromatic N) is 1. The van der Waals surface area contributed by atoms with Crippen molar-refractivity contribution in [2.75, 3.05) is 21.3 Å². The topological polar surface area (TPSA) is 73.9 Å². The number of rotatable bonds is 5. The van der Waals surface area contributed by atoms with E-state index in [0.717, 1.165) is 0 Å². The summed E-state index contributed by atoms with van der Waals surface area (Å²) >= 11 is 0. The molecule has 128 valence electrons. The molecule has 25 heavy (non-hydrogen) atoms. The Kier molecular flexibility index (Phi) is 4.61. The summed E-state index contributed by atoms with van der Waals surface area (Å²) in [5.41, 5.74) is 1.39. The van der Waals surface area contributed by atoms with Gasteiger partial charge >= 0.3 is 5.97 Å². The second-order valence-corrected chi connectivity index (χ2v) is 5.13. The van der Waals surface area contributed by atoms with E-state index < -0.39 is 5.97 Å². The Labute approximate surface area is 145 Å². The minimum absolute atomic E-state index is 0.198. The first kappa shape index (κ1) is 16.8. The van der Waals surface area contributed by atoms with Crippen molar-refractivity contribution >= 4 is 11.3 Å². The summed E-state index contributed by atoms with van der Waals surface area (Å²) in [6.45, 7) is 0. The lowest BCUT2D eigenvalue weighted by molar-refractivity contribution is -0.325. The van der Waals surface area contributed by atoms with Crippen LogP contribution in [0, 0.1) is 11.3 Å². The van der Waals surface area contributed by atoms with E-state index in [1.807, 2.05) is 30.3 Å². The lowest BCUT2D eigenvalue weighted by atomic mass is 9.95. The van der Waals surface area contributed by atoms with Gasteiger partial charge in [0.2, 0.25) is 5.76 Å². The van der Waals surface area contributed by atoms with Crippen molar-refractivity contribution < 1.29 is 23.4 Å². The zero-order valence-electron chi connectivity index (χ0n) is 14.1. The molecule has 0 saturated heterocycles. The molecule has 1 aromatic carbocycles. The number of hydrogen-bond acceptors (Lipinski definition) is 6. The minimum Gasteiger partial charge on any atom is -0.491 e. The number of allylic oxidation sites excluding steroid dienone is 2. The summed E-state index contributed by atoms with van der Waals surface area (Å²) in [7, 11) is 4.32. The Balaban J connectivity index is 2.35. The molecule has 0 amide bonds. The standard InChI is InChI=1S/C19H17NO5/c1-21-18-16(15-10-7-11-24-15)14(12-20)17(13-8-5-4-6-9-13)25-19(18,22-2)23-3/h4-11H,1-3H3. The van der Waals surface area contributed by atoms with Gasteiger partial charge in [0.1, 0.15) is 17.4 Å². The second-order valence-electron chi connectivity index (χ2n) is 5.13. The Morgan fingerprint density at radius 2 is 1.72 bits per heavy atom. The van der Waals surface area contributed by atoms with Gasteiger partial charge in [0.25, 0.3) is 0 Å². The SMILES string of the molecule is COC1=C(c2ccco2)C(C#N)=C(c2ccccc2)OC1(OC)OC. The number of ether oxygens (including phenoxy) is 4. The Bertz CT molecular complexity index is 840. The zero-order valence-corrected chi connectivity index (χ0v) is 14.1. The fourth-order valence-corrected chi connectivity index (χ4v) is 2.75. The predicted molar refractivity (Wildman–Crippen MR) is 89.4 cm³/mol. The highest BCUT2D eigenvalue weighted by molar-refractivity contribution is 5.92. The van der Waals surface area contributed by atoms with Crippen molar-refractivity contribution in [3.63, 3.8) is 0 Å². The molecule has 0 N–H and O–H groups in total. The van der Waals surface area contributed by atoms with Crippen LogP contribution in [0.15, 0.2) is 64.5 Å². The summed E-state index contributed by atoms with van der Waals surface area (Å²) < 4.78 is 28.0. The summed E-state index contributed by atoms with van der Waals surface area (Å²) in [6.07, 6.45) is 1.52. The van der Waals surface area contributed by atoms with Gasteiger partial charge in [-0.1, -0.05) is 30.3 Å². The van der Waals surface area contributed by atoms with E-state index in [0.29, 0.717) is 22.7 Å². The molecule has 1 aliphatic rings. The molecule has 0 saturated carbocycles. The van der Waals surface area contributed by atoms with E-state index >= 15 is 0 Å². The fourth-order valence-electron chi connectivity index (χ4n) is 2.75. The van der Waals surface area contributed by atoms with Crippen LogP contribution < -0.4 is 0 Å². The van der Waals surface area contributed by atoms with Crippen LogP contribution in [0.2, 0.25) is 0 Å². The molecule has 1 aromatic heterocycles. The van der Waals surface area contributed by atoms with Crippen molar-refractivity contribution in [3.8, 4) is 6.07 Å². The average molecular weight is 339 g/mol. The predicted octanol–water partition coefficient (Wildman–Crippen LogP) is 3.55. The molecule has 2 heterocycles. The molecule has 0 radical (unpaired) electrons. The largest absolute Gasteiger partial charge is 0.491 e. The quantitative estimate of drug-likeness (QED) is 0.776. The lowest BCUT2D eigenvalue weighted by Crippen LogP contribution is -2.42.